The van der Waals surface area contributed by atoms with E-state index in [1.807, 2.05) is 18.2 Å². The lowest BCUT2D eigenvalue weighted by molar-refractivity contribution is 0.368. The maximum Gasteiger partial charge on any atom is 0.121 e. The molecule has 4 nitrogen and oxygen atoms in total. The van der Waals surface area contributed by atoms with E-state index in [4.69, 9.17) is 4.74 Å². The third-order valence-corrected chi connectivity index (χ3v) is 4.12. The summed E-state index contributed by atoms with van der Waals surface area (Å²) in [6.07, 6.45) is 6.50. The van der Waals surface area contributed by atoms with Gasteiger partial charge in [-0.3, -0.25) is 0 Å². The zero-order chi connectivity index (χ0) is 14.7. The molecule has 3 rings (SSSR count). The van der Waals surface area contributed by atoms with Crippen molar-refractivity contribution in [2.24, 2.45) is 0 Å². The van der Waals surface area contributed by atoms with Crippen LogP contribution in [-0.4, -0.2) is 30.3 Å². The minimum Gasteiger partial charge on any atom is -0.497 e. The number of hydrogen-bond acceptors (Lipinski definition) is 3. The van der Waals surface area contributed by atoms with Gasteiger partial charge in [0.15, 0.2) is 0 Å². The average molecular weight is 358 g/mol. The zero-order valence-electron chi connectivity index (χ0n) is 13.5. The average Bonchev–Trinajstić information content (AvgIpc) is 3.01. The Morgan fingerprint density at radius 1 is 1.22 bits per heavy atom. The highest BCUT2D eigenvalue weighted by Crippen LogP contribution is 2.30. The molecule has 6 heteroatoms. The van der Waals surface area contributed by atoms with Crippen molar-refractivity contribution >= 4 is 30.5 Å². The summed E-state index contributed by atoms with van der Waals surface area (Å²) in [5.74, 6) is 0.876. The summed E-state index contributed by atoms with van der Waals surface area (Å²) >= 11 is 0. The van der Waals surface area contributed by atoms with Crippen LogP contribution in [0, 0.1) is 0 Å². The Labute approximate surface area is 150 Å². The van der Waals surface area contributed by atoms with Gasteiger partial charge in [0.25, 0.3) is 0 Å². The van der Waals surface area contributed by atoms with Crippen molar-refractivity contribution < 1.29 is 4.74 Å². The van der Waals surface area contributed by atoms with Crippen molar-refractivity contribution in [2.75, 3.05) is 25.5 Å². The zero-order valence-corrected chi connectivity index (χ0v) is 15.2. The summed E-state index contributed by atoms with van der Waals surface area (Å²) in [5.41, 5.74) is 2.33. The van der Waals surface area contributed by atoms with Gasteiger partial charge in [-0.1, -0.05) is 0 Å². The lowest BCUT2D eigenvalue weighted by Gasteiger charge is -2.36. The summed E-state index contributed by atoms with van der Waals surface area (Å²) in [6.45, 7) is 4.37. The van der Waals surface area contributed by atoms with Crippen molar-refractivity contribution in [1.29, 1.82) is 0 Å². The molecule has 0 amide bonds. The molecule has 1 aliphatic heterocycles. The van der Waals surface area contributed by atoms with Gasteiger partial charge in [-0.25, -0.2) is 0 Å². The summed E-state index contributed by atoms with van der Waals surface area (Å²) in [6, 6.07) is 10.3. The molecule has 1 atom stereocenters. The van der Waals surface area contributed by atoms with Crippen LogP contribution in [0.5, 0.6) is 5.75 Å². The molecule has 1 fully saturated rings. The number of ether oxygens (including phenoxy) is 1. The molecule has 1 aromatic heterocycles. The fourth-order valence-electron chi connectivity index (χ4n) is 2.95. The summed E-state index contributed by atoms with van der Waals surface area (Å²) in [5, 5.41) is 7.20. The molecule has 2 heterocycles. The van der Waals surface area contributed by atoms with E-state index in [2.05, 4.69) is 46.7 Å². The fourth-order valence-corrected chi connectivity index (χ4v) is 2.95. The van der Waals surface area contributed by atoms with E-state index in [0.29, 0.717) is 0 Å². The molecule has 2 N–H and O–H groups in total. The molecule has 0 saturated carbocycles. The predicted molar refractivity (Wildman–Crippen MR) is 101 cm³/mol. The van der Waals surface area contributed by atoms with Crippen LogP contribution in [-0.2, 0) is 0 Å². The molecule has 0 radical (unpaired) electrons. The Bertz CT molecular complexity index is 596. The van der Waals surface area contributed by atoms with Crippen molar-refractivity contribution in [2.45, 2.75) is 25.3 Å². The van der Waals surface area contributed by atoms with Gasteiger partial charge in [0, 0.05) is 30.5 Å². The number of halogens is 2. The smallest absolute Gasteiger partial charge is 0.121 e. The lowest BCUT2D eigenvalue weighted by Crippen LogP contribution is -2.49. The van der Waals surface area contributed by atoms with E-state index in [-0.39, 0.29) is 30.4 Å². The first-order valence-corrected chi connectivity index (χ1v) is 7.50. The molecule has 0 spiro atoms. The Morgan fingerprint density at radius 3 is 2.57 bits per heavy atom. The molecular weight excluding hydrogens is 333 g/mol. The van der Waals surface area contributed by atoms with E-state index in [1.54, 1.807) is 7.11 Å². The number of anilines is 1. The molecule has 0 bridgehead atoms. The number of nitrogens with zero attached hydrogens (tertiary/aromatic N) is 1. The second kappa shape index (κ2) is 8.48. The maximum absolute atomic E-state index is 5.38. The van der Waals surface area contributed by atoms with Crippen molar-refractivity contribution in [3.05, 3.63) is 42.7 Å². The Kier molecular flexibility index (Phi) is 7.26. The lowest BCUT2D eigenvalue weighted by atomic mass is 9.92. The molecule has 1 aliphatic rings. The third kappa shape index (κ3) is 4.56. The highest BCUT2D eigenvalue weighted by atomic mass is 35.5. The van der Waals surface area contributed by atoms with Crippen molar-refractivity contribution in [3.8, 4) is 11.4 Å². The van der Waals surface area contributed by atoms with E-state index < -0.39 is 0 Å². The normalized spacial score (nSPS) is 20.1. The van der Waals surface area contributed by atoms with Gasteiger partial charge in [-0.05, 0) is 50.6 Å². The number of aromatic nitrogens is 1. The molecule has 0 aliphatic carbocycles. The minimum absolute atomic E-state index is 0. The predicted octanol–water partition coefficient (Wildman–Crippen LogP) is 3.88. The van der Waals surface area contributed by atoms with Crippen LogP contribution in [0.15, 0.2) is 42.7 Å². The molecule has 1 aromatic carbocycles. The maximum atomic E-state index is 5.38. The Morgan fingerprint density at radius 2 is 1.96 bits per heavy atom. The molecule has 1 saturated heterocycles. The second-order valence-corrected chi connectivity index (χ2v) is 5.94. The number of rotatable bonds is 4. The van der Waals surface area contributed by atoms with Gasteiger partial charge in [0.05, 0.1) is 18.5 Å². The van der Waals surface area contributed by atoms with Crippen LogP contribution >= 0.6 is 24.8 Å². The van der Waals surface area contributed by atoms with Crippen LogP contribution < -0.4 is 15.4 Å². The van der Waals surface area contributed by atoms with Gasteiger partial charge in [-0.15, -0.1) is 24.8 Å². The number of nitrogens with one attached hydrogen (secondary N) is 2. The van der Waals surface area contributed by atoms with Gasteiger partial charge < -0.3 is 19.9 Å². The molecule has 23 heavy (non-hydrogen) atoms. The largest absolute Gasteiger partial charge is 0.497 e. The first-order chi connectivity index (χ1) is 10.2. The first kappa shape index (κ1) is 19.7. The molecule has 128 valence electrons. The van der Waals surface area contributed by atoms with Crippen LogP contribution in [0.4, 0.5) is 5.69 Å². The standard InChI is InChI=1S/C17H23N3O.2ClH/c1-17(8-5-9-18-13-17)19-15-12-14(21-2)6-7-16(15)20-10-3-4-11-20;;/h3-4,6-7,10-12,18-19H,5,8-9,13H2,1-2H3;2*1H. The molecule has 1 unspecified atom stereocenters. The van der Waals surface area contributed by atoms with E-state index in [9.17, 15) is 0 Å². The second-order valence-electron chi connectivity index (χ2n) is 5.94. The van der Waals surface area contributed by atoms with Gasteiger partial charge in [-0.2, -0.15) is 0 Å². The van der Waals surface area contributed by atoms with Crippen LogP contribution in [0.1, 0.15) is 19.8 Å². The van der Waals surface area contributed by atoms with Crippen molar-refractivity contribution in [1.82, 2.24) is 9.88 Å². The van der Waals surface area contributed by atoms with Gasteiger partial charge in [0.1, 0.15) is 5.75 Å². The SMILES string of the molecule is COc1ccc(-n2cccc2)c(NC2(C)CCCNC2)c1.Cl.Cl. The number of methoxy groups -OCH3 is 1. The Hall–Kier alpha value is -1.36. The van der Waals surface area contributed by atoms with E-state index >= 15 is 0 Å². The number of piperidine rings is 1. The minimum atomic E-state index is 0. The van der Waals surface area contributed by atoms with Crippen molar-refractivity contribution in [3.63, 3.8) is 0 Å². The van der Waals surface area contributed by atoms with Gasteiger partial charge >= 0.3 is 0 Å². The van der Waals surface area contributed by atoms with E-state index in [1.165, 1.54) is 12.8 Å². The van der Waals surface area contributed by atoms with Gasteiger partial charge in [0.2, 0.25) is 0 Å². The fraction of sp³-hybridized carbons (Fsp3) is 0.412. The highest BCUT2D eigenvalue weighted by molar-refractivity contribution is 5.85. The number of hydrogen-bond donors (Lipinski definition) is 2. The van der Waals surface area contributed by atoms with Crippen LogP contribution in [0.25, 0.3) is 5.69 Å². The van der Waals surface area contributed by atoms with Crippen LogP contribution in [0.3, 0.4) is 0 Å². The highest BCUT2D eigenvalue weighted by Gasteiger charge is 2.27. The summed E-state index contributed by atoms with van der Waals surface area (Å²) in [4.78, 5) is 0. The number of benzene rings is 1. The third-order valence-electron chi connectivity index (χ3n) is 4.12. The monoisotopic (exact) mass is 357 g/mol. The topological polar surface area (TPSA) is 38.2 Å². The summed E-state index contributed by atoms with van der Waals surface area (Å²) in [7, 11) is 1.71. The molecule has 2 aromatic rings. The van der Waals surface area contributed by atoms with E-state index in [0.717, 1.165) is 30.2 Å². The van der Waals surface area contributed by atoms with Crippen LogP contribution in [0.2, 0.25) is 0 Å². The molecular formula is C17H25Cl2N3O. The summed E-state index contributed by atoms with van der Waals surface area (Å²) < 4.78 is 7.51. The Balaban J connectivity index is 0.00000132. The first-order valence-electron chi connectivity index (χ1n) is 7.50. The quantitative estimate of drug-likeness (QED) is 0.871.